The fourth-order valence-electron chi connectivity index (χ4n) is 4.58. The Morgan fingerprint density at radius 2 is 1.55 bits per heavy atom. The lowest BCUT2D eigenvalue weighted by molar-refractivity contribution is 0.0792. The minimum Gasteiger partial charge on any atom is -0.490 e. The first kappa shape index (κ1) is 20.0. The molecule has 2 aromatic rings. The number of rotatable bonds is 5. The van der Waals surface area contributed by atoms with Gasteiger partial charge in [-0.3, -0.25) is 9.69 Å². The highest BCUT2D eigenvalue weighted by Crippen LogP contribution is 2.22. The second-order valence-electron chi connectivity index (χ2n) is 8.61. The molecule has 2 heterocycles. The molecular weight excluding hydrogens is 360 g/mol. The zero-order chi connectivity index (χ0) is 20.2. The Hall–Kier alpha value is -2.33. The molecule has 0 unspecified atom stereocenters. The van der Waals surface area contributed by atoms with Crippen molar-refractivity contribution >= 4 is 5.91 Å². The van der Waals surface area contributed by atoms with Crippen LogP contribution in [0.3, 0.4) is 0 Å². The molecule has 4 rings (SSSR count). The van der Waals surface area contributed by atoms with Gasteiger partial charge in [0.1, 0.15) is 11.9 Å². The molecular formula is C25H32N2O2. The minimum absolute atomic E-state index is 0.147. The zero-order valence-electron chi connectivity index (χ0n) is 17.7. The summed E-state index contributed by atoms with van der Waals surface area (Å²) in [7, 11) is 0. The van der Waals surface area contributed by atoms with Crippen molar-refractivity contribution < 1.29 is 9.53 Å². The Morgan fingerprint density at radius 1 is 0.931 bits per heavy atom. The number of ether oxygens (including phenoxy) is 1. The second kappa shape index (κ2) is 9.00. The first-order chi connectivity index (χ1) is 14.1. The Balaban J connectivity index is 1.26. The number of carbonyl (C=O) groups is 1. The van der Waals surface area contributed by atoms with Crippen LogP contribution < -0.4 is 4.74 Å². The van der Waals surface area contributed by atoms with E-state index in [1.54, 1.807) is 0 Å². The Kier molecular flexibility index (Phi) is 6.19. The predicted octanol–water partition coefficient (Wildman–Crippen LogP) is 4.58. The molecule has 0 aliphatic carbocycles. The third-order valence-corrected chi connectivity index (χ3v) is 6.02. The summed E-state index contributed by atoms with van der Waals surface area (Å²) in [6.45, 7) is 9.24. The first-order valence-electron chi connectivity index (χ1n) is 10.9. The van der Waals surface area contributed by atoms with Crippen LogP contribution in [-0.4, -0.2) is 48.0 Å². The molecule has 29 heavy (non-hydrogen) atoms. The Bertz CT molecular complexity index is 812. The van der Waals surface area contributed by atoms with E-state index >= 15 is 0 Å². The average molecular weight is 393 g/mol. The standard InChI is InChI=1S/C25H32N2O2/c1-19-15-20(2)17-21(16-19)18-26-13-9-24(10-14-26)29-23-7-5-22(6-8-23)25(28)27-11-3-4-12-27/h5-8,15-17,24H,3-4,9-14,18H2,1-2H3. The normalized spacial score (nSPS) is 18.2. The molecule has 2 aromatic carbocycles. The molecule has 4 heteroatoms. The smallest absolute Gasteiger partial charge is 0.253 e. The van der Waals surface area contributed by atoms with Crippen molar-refractivity contribution in [3.05, 3.63) is 64.7 Å². The number of hydrogen-bond acceptors (Lipinski definition) is 3. The summed E-state index contributed by atoms with van der Waals surface area (Å²) >= 11 is 0. The van der Waals surface area contributed by atoms with Gasteiger partial charge in [0, 0.05) is 38.3 Å². The topological polar surface area (TPSA) is 32.8 Å². The number of benzene rings is 2. The monoisotopic (exact) mass is 392 g/mol. The maximum atomic E-state index is 12.5. The van der Waals surface area contributed by atoms with Gasteiger partial charge in [0.2, 0.25) is 0 Å². The van der Waals surface area contributed by atoms with Crippen LogP contribution in [0.25, 0.3) is 0 Å². The molecule has 2 fully saturated rings. The fraction of sp³-hybridized carbons (Fsp3) is 0.480. The first-order valence-corrected chi connectivity index (χ1v) is 10.9. The number of likely N-dealkylation sites (tertiary alicyclic amines) is 2. The second-order valence-corrected chi connectivity index (χ2v) is 8.61. The van der Waals surface area contributed by atoms with Gasteiger partial charge in [-0.2, -0.15) is 0 Å². The van der Waals surface area contributed by atoms with Crippen LogP contribution >= 0.6 is 0 Å². The van der Waals surface area contributed by atoms with Crippen molar-refractivity contribution in [1.29, 1.82) is 0 Å². The number of nitrogens with zero attached hydrogens (tertiary/aromatic N) is 2. The van der Waals surface area contributed by atoms with Crippen molar-refractivity contribution in [2.45, 2.75) is 52.2 Å². The summed E-state index contributed by atoms with van der Waals surface area (Å²) in [6.07, 6.45) is 4.58. The fourth-order valence-corrected chi connectivity index (χ4v) is 4.58. The number of hydrogen-bond donors (Lipinski definition) is 0. The number of piperidine rings is 1. The number of aryl methyl sites for hydroxylation is 2. The predicted molar refractivity (Wildman–Crippen MR) is 116 cm³/mol. The van der Waals surface area contributed by atoms with Crippen molar-refractivity contribution in [1.82, 2.24) is 9.80 Å². The summed E-state index contributed by atoms with van der Waals surface area (Å²) in [6, 6.07) is 14.5. The van der Waals surface area contributed by atoms with E-state index in [0.717, 1.165) is 69.7 Å². The lowest BCUT2D eigenvalue weighted by Crippen LogP contribution is -2.37. The maximum absolute atomic E-state index is 12.5. The van der Waals surface area contributed by atoms with Crippen LogP contribution in [0.4, 0.5) is 0 Å². The van der Waals surface area contributed by atoms with Gasteiger partial charge >= 0.3 is 0 Å². The van der Waals surface area contributed by atoms with Crippen molar-refractivity contribution in [2.24, 2.45) is 0 Å². The van der Waals surface area contributed by atoms with Crippen molar-refractivity contribution in [3.63, 3.8) is 0 Å². The van der Waals surface area contributed by atoms with Gasteiger partial charge in [0.25, 0.3) is 5.91 Å². The molecule has 4 nitrogen and oxygen atoms in total. The van der Waals surface area contributed by atoms with Crippen molar-refractivity contribution in [2.75, 3.05) is 26.2 Å². The lowest BCUT2D eigenvalue weighted by Gasteiger charge is -2.32. The molecule has 1 amide bonds. The van der Waals surface area contributed by atoms with Gasteiger partial charge in [0.15, 0.2) is 0 Å². The van der Waals surface area contributed by atoms with Crippen LogP contribution in [0.15, 0.2) is 42.5 Å². The van der Waals surface area contributed by atoms with E-state index in [9.17, 15) is 4.79 Å². The summed E-state index contributed by atoms with van der Waals surface area (Å²) in [5, 5.41) is 0. The summed E-state index contributed by atoms with van der Waals surface area (Å²) < 4.78 is 6.20. The van der Waals surface area contributed by atoms with Crippen LogP contribution in [0, 0.1) is 13.8 Å². The zero-order valence-corrected chi connectivity index (χ0v) is 17.7. The van der Waals surface area contributed by atoms with Gasteiger partial charge in [-0.15, -0.1) is 0 Å². The molecule has 0 bridgehead atoms. The van der Waals surface area contributed by atoms with Gasteiger partial charge in [-0.1, -0.05) is 29.3 Å². The third-order valence-electron chi connectivity index (χ3n) is 6.02. The Morgan fingerprint density at radius 3 is 2.17 bits per heavy atom. The van der Waals surface area contributed by atoms with E-state index in [1.165, 1.54) is 16.7 Å². The van der Waals surface area contributed by atoms with Crippen LogP contribution in [0.2, 0.25) is 0 Å². The quantitative estimate of drug-likeness (QED) is 0.746. The molecule has 0 atom stereocenters. The molecule has 154 valence electrons. The average Bonchev–Trinajstić information content (AvgIpc) is 3.24. The van der Waals surface area contributed by atoms with Crippen LogP contribution in [0.5, 0.6) is 5.75 Å². The molecule has 2 aliphatic rings. The van der Waals surface area contributed by atoms with E-state index in [2.05, 4.69) is 36.9 Å². The van der Waals surface area contributed by atoms with Crippen LogP contribution in [-0.2, 0) is 6.54 Å². The van der Waals surface area contributed by atoms with E-state index in [1.807, 2.05) is 29.2 Å². The van der Waals surface area contributed by atoms with E-state index in [4.69, 9.17) is 4.74 Å². The highest BCUT2D eigenvalue weighted by molar-refractivity contribution is 5.94. The Labute approximate surface area is 174 Å². The third kappa shape index (κ3) is 5.18. The van der Waals surface area contributed by atoms with E-state index < -0.39 is 0 Å². The molecule has 0 radical (unpaired) electrons. The van der Waals surface area contributed by atoms with Gasteiger partial charge in [-0.05, 0) is 69.4 Å². The van der Waals surface area contributed by atoms with E-state index in [0.29, 0.717) is 0 Å². The summed E-state index contributed by atoms with van der Waals surface area (Å²) in [5.74, 6) is 1.02. The lowest BCUT2D eigenvalue weighted by atomic mass is 10.0. The highest BCUT2D eigenvalue weighted by atomic mass is 16.5. The molecule has 0 saturated carbocycles. The number of amides is 1. The highest BCUT2D eigenvalue weighted by Gasteiger charge is 2.22. The SMILES string of the molecule is Cc1cc(C)cc(CN2CCC(Oc3ccc(C(=O)N4CCCC4)cc3)CC2)c1. The number of carbonyl (C=O) groups excluding carboxylic acids is 1. The molecule has 2 saturated heterocycles. The van der Waals surface area contributed by atoms with Gasteiger partial charge in [0.05, 0.1) is 0 Å². The molecule has 2 aliphatic heterocycles. The molecule has 0 spiro atoms. The van der Waals surface area contributed by atoms with E-state index in [-0.39, 0.29) is 12.0 Å². The van der Waals surface area contributed by atoms with Gasteiger partial charge in [-0.25, -0.2) is 0 Å². The summed E-state index contributed by atoms with van der Waals surface area (Å²) in [4.78, 5) is 16.9. The van der Waals surface area contributed by atoms with Gasteiger partial charge < -0.3 is 9.64 Å². The van der Waals surface area contributed by atoms with Crippen LogP contribution in [0.1, 0.15) is 52.7 Å². The van der Waals surface area contributed by atoms with Crippen molar-refractivity contribution in [3.8, 4) is 5.75 Å². The minimum atomic E-state index is 0.147. The largest absolute Gasteiger partial charge is 0.490 e. The summed E-state index contributed by atoms with van der Waals surface area (Å²) in [5.41, 5.74) is 4.84. The molecule has 0 aromatic heterocycles. The maximum Gasteiger partial charge on any atom is 0.253 e. The molecule has 0 N–H and O–H groups in total.